The number of hydrogen-bond donors (Lipinski definition) is 3. The highest BCUT2D eigenvalue weighted by molar-refractivity contribution is 5.85. The van der Waals surface area contributed by atoms with E-state index < -0.39 is 0 Å². The lowest BCUT2D eigenvalue weighted by atomic mass is 10.3. The fourth-order valence-corrected chi connectivity index (χ4v) is 0.638. The van der Waals surface area contributed by atoms with Gasteiger partial charge >= 0.3 is 0 Å². The number of nitrogens with zero attached hydrogens (tertiary/aromatic N) is 2. The van der Waals surface area contributed by atoms with E-state index >= 15 is 0 Å². The van der Waals surface area contributed by atoms with E-state index in [0.717, 1.165) is 12.0 Å². The molecule has 5 nitrogen and oxygen atoms in total. The molecule has 0 aliphatic carbocycles. The summed E-state index contributed by atoms with van der Waals surface area (Å²) in [6.45, 7) is 0. The molecule has 0 radical (unpaired) electrons. The first-order chi connectivity index (χ1) is 6.35. The van der Waals surface area contributed by atoms with Crippen molar-refractivity contribution in [3.63, 3.8) is 0 Å². The van der Waals surface area contributed by atoms with Gasteiger partial charge in [-0.25, -0.2) is 5.53 Å². The molecule has 0 saturated heterocycles. The number of nitrogens with one attached hydrogen (secondary N) is 2. The predicted molar refractivity (Wildman–Crippen MR) is 61.1 cm³/mol. The molecule has 0 bridgehead atoms. The Morgan fingerprint density at radius 3 is 2.14 bits per heavy atom. The minimum absolute atomic E-state index is 0. The number of nitrogens with two attached hydrogens (primary N) is 1. The summed E-state index contributed by atoms with van der Waals surface area (Å²) in [5.41, 5.74) is 7.16. The van der Waals surface area contributed by atoms with Crippen molar-refractivity contribution < 1.29 is 0 Å². The van der Waals surface area contributed by atoms with Crippen LogP contribution in [0, 0.1) is 5.53 Å². The molecule has 0 saturated carbocycles. The van der Waals surface area contributed by atoms with Crippen LogP contribution in [0.15, 0.2) is 40.5 Å². The zero-order chi connectivity index (χ0) is 9.94. The molecule has 0 atom stereocenters. The van der Waals surface area contributed by atoms with Gasteiger partial charge < -0.3 is 11.2 Å². The predicted octanol–water partition coefficient (Wildman–Crippen LogP) is 2.07. The highest BCUT2D eigenvalue weighted by atomic mass is 35.5. The van der Waals surface area contributed by atoms with Crippen LogP contribution >= 0.6 is 12.4 Å². The number of hydrazone groups is 1. The third-order valence-corrected chi connectivity index (χ3v) is 1.19. The van der Waals surface area contributed by atoms with Crippen molar-refractivity contribution in [3.05, 3.63) is 30.3 Å². The van der Waals surface area contributed by atoms with Gasteiger partial charge in [-0.1, -0.05) is 18.2 Å². The molecule has 0 fully saturated rings. The van der Waals surface area contributed by atoms with Crippen LogP contribution in [-0.4, -0.2) is 13.4 Å². The third kappa shape index (κ3) is 8.48. The van der Waals surface area contributed by atoms with E-state index in [9.17, 15) is 0 Å². The van der Waals surface area contributed by atoms with Crippen molar-refractivity contribution in [1.82, 2.24) is 0 Å². The molecule has 14 heavy (non-hydrogen) atoms. The van der Waals surface area contributed by atoms with E-state index in [1.807, 2.05) is 37.4 Å². The zero-order valence-corrected chi connectivity index (χ0v) is 8.66. The van der Waals surface area contributed by atoms with Crippen LogP contribution in [0.3, 0.4) is 0 Å². The van der Waals surface area contributed by atoms with Crippen LogP contribution in [0.5, 0.6) is 0 Å². The van der Waals surface area contributed by atoms with Crippen LogP contribution in [0.2, 0.25) is 0 Å². The Bertz CT molecular complexity index is 249. The van der Waals surface area contributed by atoms with Crippen LogP contribution in [-0.2, 0) is 0 Å². The van der Waals surface area contributed by atoms with Crippen molar-refractivity contribution in [2.45, 2.75) is 0 Å². The van der Waals surface area contributed by atoms with E-state index in [2.05, 4.69) is 21.4 Å². The van der Waals surface area contributed by atoms with Crippen LogP contribution in [0.4, 0.5) is 5.69 Å². The highest BCUT2D eigenvalue weighted by Crippen LogP contribution is 2.01. The molecule has 4 N–H and O–H groups in total. The molecule has 0 aromatic heterocycles. The SMILES string of the molecule is CNc1ccccc1.Cl.N=NC=NN. The molecule has 1 aromatic carbocycles. The summed E-state index contributed by atoms with van der Waals surface area (Å²) in [5.74, 6) is 4.49. The van der Waals surface area contributed by atoms with Gasteiger partial charge in [-0.3, -0.25) is 0 Å². The Balaban J connectivity index is 0. The van der Waals surface area contributed by atoms with Gasteiger partial charge in [0.2, 0.25) is 0 Å². The maximum atomic E-state index is 6.00. The molecule has 6 heteroatoms. The molecule has 1 rings (SSSR count). The standard InChI is InChI=1S/C7H9N.CH4N4.ClH/c1-8-7-5-3-2-4-6-7;2-4-1-5-3;/h2-6,8H,1H3;1-2H,3H2;1H. The van der Waals surface area contributed by atoms with Gasteiger partial charge in [0.15, 0.2) is 6.34 Å². The van der Waals surface area contributed by atoms with Crippen molar-refractivity contribution in [2.24, 2.45) is 16.1 Å². The van der Waals surface area contributed by atoms with Crippen molar-refractivity contribution in [1.29, 1.82) is 5.53 Å². The summed E-state index contributed by atoms with van der Waals surface area (Å²) in [7, 11) is 1.91. The molecular weight excluding hydrogens is 202 g/mol. The molecular formula is C8H14ClN5. The largest absolute Gasteiger partial charge is 0.388 e. The lowest BCUT2D eigenvalue weighted by Gasteiger charge is -1.94. The highest BCUT2D eigenvalue weighted by Gasteiger charge is 1.77. The first-order valence-corrected chi connectivity index (χ1v) is 3.66. The molecule has 0 aliphatic heterocycles. The number of anilines is 1. The molecule has 0 amide bonds. The number of rotatable bonds is 2. The van der Waals surface area contributed by atoms with Crippen LogP contribution in [0.25, 0.3) is 0 Å². The zero-order valence-electron chi connectivity index (χ0n) is 7.84. The van der Waals surface area contributed by atoms with Gasteiger partial charge in [0.25, 0.3) is 0 Å². The average Bonchev–Trinajstić information content (AvgIpc) is 2.21. The monoisotopic (exact) mass is 215 g/mol. The van der Waals surface area contributed by atoms with E-state index in [-0.39, 0.29) is 12.4 Å². The smallest absolute Gasteiger partial charge is 0.156 e. The Hall–Kier alpha value is -1.62. The van der Waals surface area contributed by atoms with Gasteiger partial charge in [-0.05, 0) is 12.1 Å². The normalized spacial score (nSPS) is 8.07. The summed E-state index contributed by atoms with van der Waals surface area (Å²) in [6.07, 6.45) is 0.944. The molecule has 0 spiro atoms. The van der Waals surface area contributed by atoms with Crippen LogP contribution < -0.4 is 11.2 Å². The van der Waals surface area contributed by atoms with Crippen molar-refractivity contribution in [3.8, 4) is 0 Å². The summed E-state index contributed by atoms with van der Waals surface area (Å²) < 4.78 is 0. The first-order valence-electron chi connectivity index (χ1n) is 3.66. The maximum absolute atomic E-state index is 6.00. The Morgan fingerprint density at radius 1 is 1.36 bits per heavy atom. The Labute approximate surface area is 89.3 Å². The summed E-state index contributed by atoms with van der Waals surface area (Å²) in [6, 6.07) is 10.1. The fourth-order valence-electron chi connectivity index (χ4n) is 0.638. The molecule has 0 heterocycles. The van der Waals surface area contributed by atoms with Gasteiger partial charge in [0, 0.05) is 12.7 Å². The fraction of sp³-hybridized carbons (Fsp3) is 0.125. The second kappa shape index (κ2) is 11.4. The first kappa shape index (κ1) is 14.9. The third-order valence-electron chi connectivity index (χ3n) is 1.19. The topological polar surface area (TPSA) is 86.6 Å². The molecule has 0 unspecified atom stereocenters. The lowest BCUT2D eigenvalue weighted by Crippen LogP contribution is -1.84. The van der Waals surface area contributed by atoms with E-state index in [0.29, 0.717) is 0 Å². The average molecular weight is 216 g/mol. The number of para-hydroxylation sites is 1. The van der Waals surface area contributed by atoms with Gasteiger partial charge in [0.05, 0.1) is 0 Å². The van der Waals surface area contributed by atoms with Crippen LogP contribution in [0.1, 0.15) is 0 Å². The number of halogens is 1. The maximum Gasteiger partial charge on any atom is 0.156 e. The van der Waals surface area contributed by atoms with E-state index in [1.54, 1.807) is 0 Å². The number of hydrogen-bond acceptors (Lipinski definition) is 4. The van der Waals surface area contributed by atoms with Gasteiger partial charge in [-0.15, -0.1) is 17.5 Å². The molecule has 78 valence electrons. The van der Waals surface area contributed by atoms with E-state index in [1.165, 1.54) is 0 Å². The minimum atomic E-state index is 0. The Morgan fingerprint density at radius 2 is 1.93 bits per heavy atom. The van der Waals surface area contributed by atoms with Crippen molar-refractivity contribution in [2.75, 3.05) is 12.4 Å². The number of benzene rings is 1. The molecule has 0 aliphatic rings. The second-order valence-corrected chi connectivity index (χ2v) is 2.01. The summed E-state index contributed by atoms with van der Waals surface area (Å²) in [5, 5.41) is 8.59. The summed E-state index contributed by atoms with van der Waals surface area (Å²) in [4.78, 5) is 0. The van der Waals surface area contributed by atoms with Gasteiger partial charge in [-0.2, -0.15) is 5.10 Å². The second-order valence-electron chi connectivity index (χ2n) is 2.01. The minimum Gasteiger partial charge on any atom is -0.388 e. The Kier molecular flexibility index (Phi) is 12.1. The summed E-state index contributed by atoms with van der Waals surface area (Å²) >= 11 is 0. The lowest BCUT2D eigenvalue weighted by molar-refractivity contribution is 1.17. The van der Waals surface area contributed by atoms with Gasteiger partial charge in [0.1, 0.15) is 0 Å². The quantitative estimate of drug-likeness (QED) is 0.232. The van der Waals surface area contributed by atoms with E-state index in [4.69, 9.17) is 5.53 Å². The molecule has 1 aromatic rings. The van der Waals surface area contributed by atoms with Crippen molar-refractivity contribution >= 4 is 24.4 Å².